The maximum absolute atomic E-state index is 12.5. The van der Waals surface area contributed by atoms with Crippen LogP contribution < -0.4 is 19.5 Å². The number of nitrogens with zero attached hydrogens (tertiary/aromatic N) is 3. The van der Waals surface area contributed by atoms with Crippen molar-refractivity contribution in [2.45, 2.75) is 25.9 Å². The fraction of sp³-hybridized carbons (Fsp3) is 0.240. The number of hydrogen-bond donors (Lipinski definition) is 1. The Morgan fingerprint density at radius 1 is 1.09 bits per heavy atom. The zero-order valence-corrected chi connectivity index (χ0v) is 18.3. The molecule has 168 valence electrons. The molecule has 5 rings (SSSR count). The summed E-state index contributed by atoms with van der Waals surface area (Å²) >= 11 is 0. The molecule has 0 spiro atoms. The zero-order valence-electron chi connectivity index (χ0n) is 18.3. The molecule has 1 N–H and O–H groups in total. The van der Waals surface area contributed by atoms with Crippen LogP contribution in [0.4, 0.5) is 0 Å². The van der Waals surface area contributed by atoms with E-state index in [1.54, 1.807) is 13.3 Å². The Labute approximate surface area is 191 Å². The minimum atomic E-state index is -0.0383. The fourth-order valence-electron chi connectivity index (χ4n) is 3.84. The number of pyridine rings is 1. The van der Waals surface area contributed by atoms with E-state index in [1.807, 2.05) is 54.6 Å². The molecule has 0 saturated heterocycles. The predicted molar refractivity (Wildman–Crippen MR) is 122 cm³/mol. The van der Waals surface area contributed by atoms with Gasteiger partial charge in [0.2, 0.25) is 12.7 Å². The number of ether oxygens (including phenoxy) is 3. The number of carbonyl (C=O) groups is 1. The van der Waals surface area contributed by atoms with Crippen molar-refractivity contribution in [1.82, 2.24) is 19.9 Å². The summed E-state index contributed by atoms with van der Waals surface area (Å²) in [6.45, 7) is 1.28. The molecular weight excluding hydrogens is 420 g/mol. The van der Waals surface area contributed by atoms with Gasteiger partial charge < -0.3 is 24.1 Å². The average molecular weight is 444 g/mol. The zero-order chi connectivity index (χ0) is 22.6. The van der Waals surface area contributed by atoms with Crippen molar-refractivity contribution in [2.24, 2.45) is 0 Å². The van der Waals surface area contributed by atoms with E-state index < -0.39 is 0 Å². The summed E-state index contributed by atoms with van der Waals surface area (Å²) < 4.78 is 18.0. The van der Waals surface area contributed by atoms with Gasteiger partial charge in [0.25, 0.3) is 0 Å². The number of amides is 1. The van der Waals surface area contributed by atoms with Crippen LogP contribution in [-0.2, 0) is 24.3 Å². The Balaban J connectivity index is 1.26. The van der Waals surface area contributed by atoms with Crippen molar-refractivity contribution >= 4 is 17.1 Å². The minimum Gasteiger partial charge on any atom is -0.497 e. The highest BCUT2D eigenvalue weighted by molar-refractivity contribution is 5.76. The topological polar surface area (TPSA) is 87.5 Å². The molecule has 2 aromatic heterocycles. The van der Waals surface area contributed by atoms with E-state index in [4.69, 9.17) is 19.2 Å². The molecule has 33 heavy (non-hydrogen) atoms. The molecule has 1 aliphatic heterocycles. The lowest BCUT2D eigenvalue weighted by molar-refractivity contribution is -0.121. The lowest BCUT2D eigenvalue weighted by Gasteiger charge is -2.10. The summed E-state index contributed by atoms with van der Waals surface area (Å²) in [5, 5.41) is 2.97. The Kier molecular flexibility index (Phi) is 5.80. The smallest absolute Gasteiger partial charge is 0.231 e. The maximum Gasteiger partial charge on any atom is 0.231 e. The van der Waals surface area contributed by atoms with Gasteiger partial charge in [-0.25, -0.2) is 9.97 Å². The van der Waals surface area contributed by atoms with E-state index in [-0.39, 0.29) is 12.7 Å². The minimum absolute atomic E-state index is 0.0383. The highest BCUT2D eigenvalue weighted by atomic mass is 16.7. The quantitative estimate of drug-likeness (QED) is 0.448. The number of methoxy groups -OCH3 is 1. The number of rotatable bonds is 8. The van der Waals surface area contributed by atoms with Crippen molar-refractivity contribution in [3.05, 3.63) is 77.7 Å². The van der Waals surface area contributed by atoms with Crippen LogP contribution in [-0.4, -0.2) is 34.3 Å². The lowest BCUT2D eigenvalue weighted by Crippen LogP contribution is -2.23. The fourth-order valence-corrected chi connectivity index (χ4v) is 3.84. The van der Waals surface area contributed by atoms with E-state index in [2.05, 4.69) is 14.9 Å². The van der Waals surface area contributed by atoms with E-state index in [1.165, 1.54) is 0 Å². The molecule has 0 bridgehead atoms. The first-order valence-electron chi connectivity index (χ1n) is 10.8. The van der Waals surface area contributed by atoms with Crippen LogP contribution in [0.3, 0.4) is 0 Å². The maximum atomic E-state index is 12.5. The highest BCUT2D eigenvalue weighted by Crippen LogP contribution is 2.32. The van der Waals surface area contributed by atoms with Crippen molar-refractivity contribution in [3.63, 3.8) is 0 Å². The van der Waals surface area contributed by atoms with Gasteiger partial charge in [0.05, 0.1) is 13.7 Å². The molecular formula is C25H24N4O4. The largest absolute Gasteiger partial charge is 0.497 e. The molecule has 0 atom stereocenters. The van der Waals surface area contributed by atoms with Gasteiger partial charge in [-0.3, -0.25) is 4.79 Å². The monoisotopic (exact) mass is 444 g/mol. The molecule has 8 nitrogen and oxygen atoms in total. The SMILES string of the molecule is COc1ccc(Cn2c(CCC(=O)NCc3ccc4c(c3)OCO4)nc3cccnc32)cc1. The number of imidazole rings is 1. The van der Waals surface area contributed by atoms with E-state index in [9.17, 15) is 4.79 Å². The molecule has 8 heteroatoms. The molecule has 0 fully saturated rings. The molecule has 2 aromatic carbocycles. The Hall–Kier alpha value is -4.07. The average Bonchev–Trinajstić information content (AvgIpc) is 3.46. The summed E-state index contributed by atoms with van der Waals surface area (Å²) in [5.41, 5.74) is 3.70. The van der Waals surface area contributed by atoms with E-state index in [0.717, 1.165) is 39.6 Å². The van der Waals surface area contributed by atoms with Gasteiger partial charge in [-0.2, -0.15) is 0 Å². The third-order valence-electron chi connectivity index (χ3n) is 5.58. The molecule has 1 aliphatic rings. The first-order valence-corrected chi connectivity index (χ1v) is 10.8. The summed E-state index contributed by atoms with van der Waals surface area (Å²) in [6, 6.07) is 17.4. The molecule has 0 unspecified atom stereocenters. The third kappa shape index (κ3) is 4.59. The molecule has 0 aliphatic carbocycles. The number of fused-ring (bicyclic) bond motifs is 2. The van der Waals surface area contributed by atoms with Crippen LogP contribution in [0, 0.1) is 0 Å². The van der Waals surface area contributed by atoms with Gasteiger partial charge in [-0.15, -0.1) is 0 Å². The van der Waals surface area contributed by atoms with Crippen LogP contribution in [0.1, 0.15) is 23.4 Å². The normalized spacial score (nSPS) is 12.2. The van der Waals surface area contributed by atoms with Crippen LogP contribution in [0.2, 0.25) is 0 Å². The van der Waals surface area contributed by atoms with Crippen LogP contribution in [0.15, 0.2) is 60.8 Å². The van der Waals surface area contributed by atoms with E-state index in [0.29, 0.717) is 31.7 Å². The molecule has 4 aromatic rings. The Morgan fingerprint density at radius 2 is 1.91 bits per heavy atom. The number of nitrogens with one attached hydrogen (secondary N) is 1. The lowest BCUT2D eigenvalue weighted by atomic mass is 10.2. The van der Waals surface area contributed by atoms with Crippen molar-refractivity contribution < 1.29 is 19.0 Å². The van der Waals surface area contributed by atoms with Gasteiger partial charge in [-0.05, 0) is 47.5 Å². The van der Waals surface area contributed by atoms with Crippen molar-refractivity contribution in [3.8, 4) is 17.2 Å². The van der Waals surface area contributed by atoms with Crippen molar-refractivity contribution in [1.29, 1.82) is 0 Å². The molecule has 0 saturated carbocycles. The van der Waals surface area contributed by atoms with Crippen molar-refractivity contribution in [2.75, 3.05) is 13.9 Å². The van der Waals surface area contributed by atoms with Gasteiger partial charge in [0.1, 0.15) is 17.1 Å². The van der Waals surface area contributed by atoms with Gasteiger partial charge in [-0.1, -0.05) is 18.2 Å². The first kappa shape index (κ1) is 20.8. The Bertz CT molecular complexity index is 1280. The second-order valence-electron chi connectivity index (χ2n) is 7.77. The predicted octanol–water partition coefficient (Wildman–Crippen LogP) is 3.47. The number of aromatic nitrogens is 3. The Morgan fingerprint density at radius 3 is 2.76 bits per heavy atom. The number of hydrogen-bond acceptors (Lipinski definition) is 6. The van der Waals surface area contributed by atoms with E-state index >= 15 is 0 Å². The summed E-state index contributed by atoms with van der Waals surface area (Å²) in [4.78, 5) is 21.8. The first-order chi connectivity index (χ1) is 16.2. The summed E-state index contributed by atoms with van der Waals surface area (Å²) in [7, 11) is 1.65. The van der Waals surface area contributed by atoms with Crippen LogP contribution in [0.5, 0.6) is 17.2 Å². The highest BCUT2D eigenvalue weighted by Gasteiger charge is 2.15. The third-order valence-corrected chi connectivity index (χ3v) is 5.58. The second kappa shape index (κ2) is 9.20. The molecule has 3 heterocycles. The standard InChI is InChI=1S/C25H24N4O4/c1-31-19-7-4-17(5-8-19)15-29-23(28-20-3-2-12-26-25(20)29)10-11-24(30)27-14-18-6-9-21-22(13-18)33-16-32-21/h2-9,12-13H,10-11,14-16H2,1H3,(H,27,30). The second-order valence-corrected chi connectivity index (χ2v) is 7.77. The summed E-state index contributed by atoms with van der Waals surface area (Å²) in [5.74, 6) is 3.05. The van der Waals surface area contributed by atoms with Gasteiger partial charge in [0, 0.05) is 25.6 Å². The van der Waals surface area contributed by atoms with Gasteiger partial charge >= 0.3 is 0 Å². The van der Waals surface area contributed by atoms with Crippen LogP contribution >= 0.6 is 0 Å². The number of aryl methyl sites for hydroxylation is 1. The van der Waals surface area contributed by atoms with Gasteiger partial charge in [0.15, 0.2) is 17.1 Å². The van der Waals surface area contributed by atoms with Crippen LogP contribution in [0.25, 0.3) is 11.2 Å². The molecule has 0 radical (unpaired) electrons. The number of carbonyl (C=O) groups excluding carboxylic acids is 1. The summed E-state index contributed by atoms with van der Waals surface area (Å²) in [6.07, 6.45) is 2.60. The molecule has 1 amide bonds. The number of benzene rings is 2.